The Morgan fingerprint density at radius 3 is 2.42 bits per heavy atom. The van der Waals surface area contributed by atoms with Crippen molar-refractivity contribution in [1.82, 2.24) is 0 Å². The quantitative estimate of drug-likeness (QED) is 0.685. The summed E-state index contributed by atoms with van der Waals surface area (Å²) >= 11 is 0. The SMILES string of the molecule is CC[C@@]12CC[C@@](CC)(O1)[C@@H](O)C2. The van der Waals surface area contributed by atoms with Gasteiger partial charge in [0.05, 0.1) is 17.3 Å². The lowest BCUT2D eigenvalue weighted by atomic mass is 9.78. The first-order valence-corrected chi connectivity index (χ1v) is 5.05. The van der Waals surface area contributed by atoms with Gasteiger partial charge >= 0.3 is 0 Å². The maximum Gasteiger partial charge on any atom is 0.0947 e. The van der Waals surface area contributed by atoms with E-state index in [2.05, 4.69) is 13.8 Å². The molecule has 3 atom stereocenters. The van der Waals surface area contributed by atoms with Crippen LogP contribution in [0.4, 0.5) is 0 Å². The number of hydrogen-bond donors (Lipinski definition) is 1. The van der Waals surface area contributed by atoms with Crippen molar-refractivity contribution in [2.75, 3.05) is 0 Å². The predicted molar refractivity (Wildman–Crippen MR) is 47.0 cm³/mol. The Morgan fingerprint density at radius 1 is 1.33 bits per heavy atom. The Kier molecular flexibility index (Phi) is 1.74. The van der Waals surface area contributed by atoms with Crippen molar-refractivity contribution in [2.24, 2.45) is 0 Å². The maximum absolute atomic E-state index is 9.84. The van der Waals surface area contributed by atoms with Gasteiger partial charge in [0.15, 0.2) is 0 Å². The summed E-state index contributed by atoms with van der Waals surface area (Å²) in [5.74, 6) is 0. The van der Waals surface area contributed by atoms with Crippen LogP contribution in [0.2, 0.25) is 0 Å². The number of rotatable bonds is 2. The number of ether oxygens (including phenoxy) is 1. The molecule has 2 aliphatic heterocycles. The van der Waals surface area contributed by atoms with Crippen LogP contribution in [0.5, 0.6) is 0 Å². The standard InChI is InChI=1S/C10H18O2/c1-3-9-5-6-10(4-2,12-9)8(11)7-9/h8,11H,3-7H2,1-2H3/t8-,9-,10+/m0/s1. The van der Waals surface area contributed by atoms with Crippen LogP contribution in [0.3, 0.4) is 0 Å². The molecule has 0 saturated carbocycles. The van der Waals surface area contributed by atoms with E-state index in [0.717, 1.165) is 32.1 Å². The summed E-state index contributed by atoms with van der Waals surface area (Å²) in [4.78, 5) is 0. The van der Waals surface area contributed by atoms with Crippen molar-refractivity contribution >= 4 is 0 Å². The average Bonchev–Trinajstić information content (AvgIpc) is 2.58. The number of aliphatic hydroxyl groups excluding tert-OH is 1. The van der Waals surface area contributed by atoms with Crippen molar-refractivity contribution < 1.29 is 9.84 Å². The third-order valence-corrected chi connectivity index (χ3v) is 3.84. The minimum Gasteiger partial charge on any atom is -0.390 e. The smallest absolute Gasteiger partial charge is 0.0947 e. The van der Waals surface area contributed by atoms with Crippen molar-refractivity contribution in [1.29, 1.82) is 0 Å². The van der Waals surface area contributed by atoms with Crippen molar-refractivity contribution in [3.63, 3.8) is 0 Å². The highest BCUT2D eigenvalue weighted by Gasteiger charge is 2.59. The third kappa shape index (κ3) is 0.882. The van der Waals surface area contributed by atoms with Crippen LogP contribution in [0.15, 0.2) is 0 Å². The van der Waals surface area contributed by atoms with E-state index >= 15 is 0 Å². The molecule has 2 saturated heterocycles. The van der Waals surface area contributed by atoms with Crippen molar-refractivity contribution in [3.05, 3.63) is 0 Å². The molecule has 12 heavy (non-hydrogen) atoms. The van der Waals surface area contributed by atoms with Gasteiger partial charge in [-0.1, -0.05) is 13.8 Å². The molecule has 0 aliphatic carbocycles. The fourth-order valence-electron chi connectivity index (χ4n) is 2.77. The van der Waals surface area contributed by atoms with Crippen LogP contribution >= 0.6 is 0 Å². The Morgan fingerprint density at radius 2 is 2.08 bits per heavy atom. The van der Waals surface area contributed by atoms with E-state index in [0.29, 0.717) is 0 Å². The van der Waals surface area contributed by atoms with Crippen LogP contribution in [0.25, 0.3) is 0 Å². The van der Waals surface area contributed by atoms with Gasteiger partial charge in [-0.25, -0.2) is 0 Å². The second-order valence-electron chi connectivity index (χ2n) is 4.28. The molecule has 2 heteroatoms. The number of hydrogen-bond acceptors (Lipinski definition) is 2. The molecule has 2 bridgehead atoms. The molecule has 0 aromatic rings. The highest BCUT2D eigenvalue weighted by atomic mass is 16.6. The van der Waals surface area contributed by atoms with Gasteiger partial charge < -0.3 is 9.84 Å². The number of aliphatic hydroxyl groups is 1. The molecule has 2 fully saturated rings. The van der Waals surface area contributed by atoms with Gasteiger partial charge in [-0.3, -0.25) is 0 Å². The van der Waals surface area contributed by atoms with E-state index in [1.54, 1.807) is 0 Å². The first-order valence-electron chi connectivity index (χ1n) is 5.05. The van der Waals surface area contributed by atoms with Crippen LogP contribution < -0.4 is 0 Å². The monoisotopic (exact) mass is 170 g/mol. The minimum atomic E-state index is -0.212. The molecule has 2 rings (SSSR count). The topological polar surface area (TPSA) is 29.5 Å². The lowest BCUT2D eigenvalue weighted by Crippen LogP contribution is -2.37. The Balaban J connectivity index is 2.22. The van der Waals surface area contributed by atoms with E-state index in [1.165, 1.54) is 0 Å². The van der Waals surface area contributed by atoms with Gasteiger partial charge in [0.1, 0.15) is 0 Å². The van der Waals surface area contributed by atoms with E-state index in [9.17, 15) is 5.11 Å². The van der Waals surface area contributed by atoms with E-state index in [4.69, 9.17) is 4.74 Å². The first-order chi connectivity index (χ1) is 5.66. The van der Waals surface area contributed by atoms with Crippen LogP contribution in [-0.2, 0) is 4.74 Å². The largest absolute Gasteiger partial charge is 0.390 e. The van der Waals surface area contributed by atoms with Crippen LogP contribution in [0.1, 0.15) is 46.0 Å². The fourth-order valence-corrected chi connectivity index (χ4v) is 2.77. The Hall–Kier alpha value is -0.0800. The second-order valence-corrected chi connectivity index (χ2v) is 4.28. The summed E-state index contributed by atoms with van der Waals surface area (Å²) in [5, 5.41) is 9.84. The minimum absolute atomic E-state index is 0.0371. The van der Waals surface area contributed by atoms with Crippen LogP contribution in [-0.4, -0.2) is 22.4 Å². The lowest BCUT2D eigenvalue weighted by molar-refractivity contribution is -0.0781. The fraction of sp³-hybridized carbons (Fsp3) is 1.00. The summed E-state index contributed by atoms with van der Waals surface area (Å²) in [6.45, 7) is 4.27. The van der Waals surface area contributed by atoms with E-state index in [1.807, 2.05) is 0 Å². The zero-order valence-corrected chi connectivity index (χ0v) is 7.97. The molecular weight excluding hydrogens is 152 g/mol. The van der Waals surface area contributed by atoms with Crippen LogP contribution in [0, 0.1) is 0 Å². The van der Waals surface area contributed by atoms with Crippen molar-refractivity contribution in [3.8, 4) is 0 Å². The summed E-state index contributed by atoms with van der Waals surface area (Å²) in [6, 6.07) is 0. The second kappa shape index (κ2) is 2.46. The molecule has 0 aromatic carbocycles. The molecule has 0 unspecified atom stereocenters. The average molecular weight is 170 g/mol. The molecule has 1 N–H and O–H groups in total. The van der Waals surface area contributed by atoms with E-state index in [-0.39, 0.29) is 17.3 Å². The molecule has 0 radical (unpaired) electrons. The molecule has 0 amide bonds. The highest BCUT2D eigenvalue weighted by molar-refractivity contribution is 5.08. The lowest BCUT2D eigenvalue weighted by Gasteiger charge is -2.27. The Bertz CT molecular complexity index is 192. The first kappa shape index (κ1) is 8.52. The van der Waals surface area contributed by atoms with Gasteiger partial charge in [-0.05, 0) is 25.7 Å². The van der Waals surface area contributed by atoms with Gasteiger partial charge in [0.25, 0.3) is 0 Å². The third-order valence-electron chi connectivity index (χ3n) is 3.84. The van der Waals surface area contributed by atoms with Crippen molar-refractivity contribution in [2.45, 2.75) is 63.3 Å². The normalized spacial score (nSPS) is 51.8. The molecule has 0 aromatic heterocycles. The molecule has 2 aliphatic rings. The van der Waals surface area contributed by atoms with Gasteiger partial charge in [-0.15, -0.1) is 0 Å². The molecular formula is C10H18O2. The Labute approximate surface area is 73.9 Å². The van der Waals surface area contributed by atoms with Gasteiger partial charge in [0, 0.05) is 6.42 Å². The summed E-state index contributed by atoms with van der Waals surface area (Å²) in [7, 11) is 0. The zero-order chi connectivity index (χ0) is 8.82. The number of fused-ring (bicyclic) bond motifs is 2. The highest BCUT2D eigenvalue weighted by Crippen LogP contribution is 2.53. The molecule has 2 nitrogen and oxygen atoms in total. The predicted octanol–water partition coefficient (Wildman–Crippen LogP) is 1.86. The molecule has 0 spiro atoms. The van der Waals surface area contributed by atoms with Gasteiger partial charge in [0.2, 0.25) is 0 Å². The summed E-state index contributed by atoms with van der Waals surface area (Å²) in [5.41, 5.74) is -0.133. The maximum atomic E-state index is 9.84. The zero-order valence-electron chi connectivity index (χ0n) is 7.97. The van der Waals surface area contributed by atoms with Gasteiger partial charge in [-0.2, -0.15) is 0 Å². The molecule has 70 valence electrons. The molecule has 2 heterocycles. The summed E-state index contributed by atoms with van der Waals surface area (Å²) < 4.78 is 6.01. The summed E-state index contributed by atoms with van der Waals surface area (Å²) in [6.07, 6.45) is 4.85. The van der Waals surface area contributed by atoms with E-state index < -0.39 is 0 Å².